The second-order valence-corrected chi connectivity index (χ2v) is 7.61. The van der Waals surface area contributed by atoms with E-state index in [0.29, 0.717) is 16.9 Å². The Morgan fingerprint density at radius 3 is 2.84 bits per heavy atom. The maximum absolute atomic E-state index is 12.6. The van der Waals surface area contributed by atoms with E-state index in [1.165, 1.54) is 22.5 Å². The molecule has 0 aliphatic heterocycles. The Bertz CT molecular complexity index is 1070. The number of amides is 1. The minimum absolute atomic E-state index is 0.248. The van der Waals surface area contributed by atoms with Crippen molar-refractivity contribution in [2.45, 2.75) is 25.3 Å². The summed E-state index contributed by atoms with van der Waals surface area (Å²) in [6, 6.07) is 11.7. The zero-order chi connectivity index (χ0) is 18.0. The number of hydrogen-bond donors (Lipinski definition) is 0. The Labute approximate surface area is 155 Å². The molecule has 5 heteroatoms. The molecule has 3 nitrogen and oxygen atoms in total. The van der Waals surface area contributed by atoms with Gasteiger partial charge in [-0.1, -0.05) is 29.4 Å². The van der Waals surface area contributed by atoms with E-state index in [0.717, 1.165) is 15.1 Å². The van der Waals surface area contributed by atoms with Crippen molar-refractivity contribution >= 4 is 39.2 Å². The fourth-order valence-electron chi connectivity index (χ4n) is 2.75. The van der Waals surface area contributed by atoms with Crippen molar-refractivity contribution in [2.24, 2.45) is 4.99 Å². The van der Waals surface area contributed by atoms with Gasteiger partial charge in [-0.25, -0.2) is 0 Å². The largest absolute Gasteiger partial charge is 0.305 e. The number of aromatic nitrogens is 1. The average Bonchev–Trinajstić information content (AvgIpc) is 2.93. The zero-order valence-electron chi connectivity index (χ0n) is 14.4. The van der Waals surface area contributed by atoms with Crippen molar-refractivity contribution < 1.29 is 4.79 Å². The van der Waals surface area contributed by atoms with Gasteiger partial charge in [0.25, 0.3) is 5.91 Å². The van der Waals surface area contributed by atoms with Crippen molar-refractivity contribution in [3.8, 4) is 12.3 Å². The summed E-state index contributed by atoms with van der Waals surface area (Å²) in [7, 11) is 0. The molecule has 0 bridgehead atoms. The number of nitrogens with zero attached hydrogens (tertiary/aromatic N) is 2. The van der Waals surface area contributed by atoms with Crippen LogP contribution in [0.25, 0.3) is 10.2 Å². The second-order valence-electron chi connectivity index (χ2n) is 5.75. The summed E-state index contributed by atoms with van der Waals surface area (Å²) in [5.41, 5.74) is 3.96. The van der Waals surface area contributed by atoms with Crippen molar-refractivity contribution in [2.75, 3.05) is 6.26 Å². The molecular weight excluding hydrogens is 348 g/mol. The second kappa shape index (κ2) is 7.30. The van der Waals surface area contributed by atoms with E-state index in [-0.39, 0.29) is 5.91 Å². The number of fused-ring (bicyclic) bond motifs is 1. The molecule has 0 aliphatic rings. The van der Waals surface area contributed by atoms with Gasteiger partial charge in [0.2, 0.25) is 0 Å². The summed E-state index contributed by atoms with van der Waals surface area (Å²) in [6.07, 6.45) is 7.52. The van der Waals surface area contributed by atoms with Gasteiger partial charge in [-0.3, -0.25) is 4.79 Å². The average molecular weight is 367 g/mol. The number of rotatable bonds is 3. The standard InChI is InChI=1S/C20H18N2OS2/c1-5-9-22-17-11-13(2)10-14(3)18(17)25-20(22)21-19(23)15-7-6-8-16(12-15)24-4/h1,6-8,10-12H,9H2,2-4H3. The molecule has 0 saturated heterocycles. The van der Waals surface area contributed by atoms with E-state index in [4.69, 9.17) is 6.42 Å². The number of hydrogen-bond acceptors (Lipinski definition) is 3. The predicted octanol–water partition coefficient (Wildman–Crippen LogP) is 4.42. The molecule has 0 fully saturated rings. The highest BCUT2D eigenvalue weighted by atomic mass is 32.2. The summed E-state index contributed by atoms with van der Waals surface area (Å²) in [4.78, 5) is 18.7. The number of carbonyl (C=O) groups is 1. The first-order chi connectivity index (χ1) is 12.0. The number of aryl methyl sites for hydroxylation is 2. The van der Waals surface area contributed by atoms with Crippen LogP contribution in [0, 0.1) is 26.2 Å². The van der Waals surface area contributed by atoms with Crippen LogP contribution in [-0.4, -0.2) is 16.7 Å². The van der Waals surface area contributed by atoms with E-state index in [2.05, 4.69) is 36.9 Å². The smallest absolute Gasteiger partial charge is 0.279 e. The van der Waals surface area contributed by atoms with Crippen LogP contribution in [-0.2, 0) is 6.54 Å². The Morgan fingerprint density at radius 2 is 2.12 bits per heavy atom. The van der Waals surface area contributed by atoms with Crippen molar-refractivity contribution in [1.29, 1.82) is 0 Å². The molecule has 2 aromatic carbocycles. The molecule has 0 saturated carbocycles. The van der Waals surface area contributed by atoms with E-state index in [1.807, 2.05) is 29.0 Å². The molecule has 1 amide bonds. The van der Waals surface area contributed by atoms with Crippen LogP contribution in [0.2, 0.25) is 0 Å². The molecule has 126 valence electrons. The molecule has 1 heterocycles. The number of benzene rings is 2. The number of thiazole rings is 1. The fraction of sp³-hybridized carbons (Fsp3) is 0.200. The lowest BCUT2D eigenvalue weighted by atomic mass is 10.1. The number of terminal acetylenes is 1. The minimum Gasteiger partial charge on any atom is -0.305 e. The van der Waals surface area contributed by atoms with Crippen LogP contribution in [0.5, 0.6) is 0 Å². The Morgan fingerprint density at radius 1 is 1.32 bits per heavy atom. The topological polar surface area (TPSA) is 34.4 Å². The van der Waals surface area contributed by atoms with Gasteiger partial charge in [0.05, 0.1) is 16.8 Å². The van der Waals surface area contributed by atoms with Gasteiger partial charge in [-0.15, -0.1) is 18.2 Å². The van der Waals surface area contributed by atoms with E-state index >= 15 is 0 Å². The minimum atomic E-state index is -0.248. The highest BCUT2D eigenvalue weighted by molar-refractivity contribution is 7.98. The monoisotopic (exact) mass is 366 g/mol. The molecule has 0 atom stereocenters. The van der Waals surface area contributed by atoms with Gasteiger partial charge in [0, 0.05) is 10.5 Å². The van der Waals surface area contributed by atoms with Crippen LogP contribution < -0.4 is 4.80 Å². The number of thioether (sulfide) groups is 1. The molecule has 0 N–H and O–H groups in total. The fourth-order valence-corrected chi connectivity index (χ4v) is 4.29. The SMILES string of the molecule is C#CCn1c(=NC(=O)c2cccc(SC)c2)sc2c(C)cc(C)cc21. The lowest BCUT2D eigenvalue weighted by Crippen LogP contribution is -2.16. The Kier molecular flexibility index (Phi) is 5.12. The van der Waals surface area contributed by atoms with Gasteiger partial charge in [0.1, 0.15) is 0 Å². The summed E-state index contributed by atoms with van der Waals surface area (Å²) < 4.78 is 3.06. The molecule has 0 unspecified atom stereocenters. The summed E-state index contributed by atoms with van der Waals surface area (Å²) in [5.74, 6) is 2.42. The van der Waals surface area contributed by atoms with E-state index in [1.54, 1.807) is 17.8 Å². The van der Waals surface area contributed by atoms with Gasteiger partial charge in [0.15, 0.2) is 4.80 Å². The summed E-state index contributed by atoms with van der Waals surface area (Å²) in [6.45, 7) is 4.51. The van der Waals surface area contributed by atoms with Gasteiger partial charge >= 0.3 is 0 Å². The van der Waals surface area contributed by atoms with Crippen molar-refractivity contribution in [3.63, 3.8) is 0 Å². The lowest BCUT2D eigenvalue weighted by molar-refractivity contribution is 0.0997. The quantitative estimate of drug-likeness (QED) is 0.508. The maximum Gasteiger partial charge on any atom is 0.279 e. The van der Waals surface area contributed by atoms with Crippen LogP contribution in [0.4, 0.5) is 0 Å². The van der Waals surface area contributed by atoms with Crippen LogP contribution in [0.1, 0.15) is 21.5 Å². The van der Waals surface area contributed by atoms with E-state index in [9.17, 15) is 4.79 Å². The van der Waals surface area contributed by atoms with Crippen LogP contribution in [0.3, 0.4) is 0 Å². The highest BCUT2D eigenvalue weighted by Gasteiger charge is 2.11. The summed E-state index contributed by atoms with van der Waals surface area (Å²) >= 11 is 3.11. The van der Waals surface area contributed by atoms with Gasteiger partial charge < -0.3 is 4.57 Å². The van der Waals surface area contributed by atoms with Crippen LogP contribution >= 0.6 is 23.1 Å². The highest BCUT2D eigenvalue weighted by Crippen LogP contribution is 2.23. The van der Waals surface area contributed by atoms with Crippen molar-refractivity contribution in [1.82, 2.24) is 4.57 Å². The first-order valence-electron chi connectivity index (χ1n) is 7.80. The Hall–Kier alpha value is -2.29. The molecule has 25 heavy (non-hydrogen) atoms. The van der Waals surface area contributed by atoms with E-state index < -0.39 is 0 Å². The molecule has 3 rings (SSSR count). The zero-order valence-corrected chi connectivity index (χ0v) is 16.0. The predicted molar refractivity (Wildman–Crippen MR) is 106 cm³/mol. The first-order valence-corrected chi connectivity index (χ1v) is 9.84. The molecule has 0 radical (unpaired) electrons. The molecule has 1 aromatic heterocycles. The normalized spacial score (nSPS) is 11.7. The van der Waals surface area contributed by atoms with Gasteiger partial charge in [-0.2, -0.15) is 4.99 Å². The maximum atomic E-state index is 12.6. The molecule has 3 aromatic rings. The Balaban J connectivity index is 2.18. The van der Waals surface area contributed by atoms with Crippen LogP contribution in [0.15, 0.2) is 46.3 Å². The third-order valence-electron chi connectivity index (χ3n) is 3.88. The van der Waals surface area contributed by atoms with Crippen molar-refractivity contribution in [3.05, 3.63) is 57.9 Å². The summed E-state index contributed by atoms with van der Waals surface area (Å²) in [5, 5.41) is 0. The third-order valence-corrected chi connectivity index (χ3v) is 5.83. The number of carbonyl (C=O) groups excluding carboxylic acids is 1. The first kappa shape index (κ1) is 17.5. The molecule has 0 aliphatic carbocycles. The van der Waals surface area contributed by atoms with Gasteiger partial charge in [-0.05, 0) is 55.5 Å². The lowest BCUT2D eigenvalue weighted by Gasteiger charge is -2.03. The third kappa shape index (κ3) is 3.55. The molecule has 0 spiro atoms. The molecular formula is C20H18N2OS2.